The Morgan fingerprint density at radius 3 is 2.30 bits per heavy atom. The number of anilines is 2. The average Bonchev–Trinajstić information content (AvgIpc) is 3.20. The molecular weight excluding hydrogens is 452 g/mol. The molecule has 0 fully saturated rings. The summed E-state index contributed by atoms with van der Waals surface area (Å²) >= 11 is 0. The monoisotopic (exact) mass is 465 g/mol. The number of benzene rings is 1. The maximum atomic E-state index is 14.0. The highest BCUT2D eigenvalue weighted by molar-refractivity contribution is 6.05. The van der Waals surface area contributed by atoms with Crippen LogP contribution >= 0.6 is 0 Å². The molecule has 4 aromatic rings. The van der Waals surface area contributed by atoms with Crippen LogP contribution in [0, 0.1) is 0 Å². The standard InChI is InChI=1S/C21H13F6N5O/c22-20(23,24)11-7-12(9-29-8-11)31-19(33)15-5-6-32(17(15)21(25,26)27)16-10-30-18(28)14-4-2-1-3-13(14)16/h1-10H,(H2,28,30)(H,31,33). The van der Waals surface area contributed by atoms with Crippen molar-refractivity contribution in [3.63, 3.8) is 0 Å². The molecule has 3 heterocycles. The number of fused-ring (bicyclic) bond motifs is 1. The van der Waals surface area contributed by atoms with Crippen molar-refractivity contribution in [3.05, 3.63) is 78.0 Å². The lowest BCUT2D eigenvalue weighted by Crippen LogP contribution is -2.21. The molecule has 0 saturated heterocycles. The van der Waals surface area contributed by atoms with Gasteiger partial charge in [0, 0.05) is 23.2 Å². The van der Waals surface area contributed by atoms with Gasteiger partial charge in [-0.05, 0) is 12.1 Å². The van der Waals surface area contributed by atoms with Gasteiger partial charge in [0.1, 0.15) is 11.5 Å². The number of nitrogens with two attached hydrogens (primary N) is 1. The van der Waals surface area contributed by atoms with Crippen LogP contribution in [-0.2, 0) is 12.4 Å². The van der Waals surface area contributed by atoms with Gasteiger partial charge in [0.05, 0.1) is 34.9 Å². The van der Waals surface area contributed by atoms with Crippen LogP contribution in [0.2, 0.25) is 0 Å². The Balaban J connectivity index is 1.80. The van der Waals surface area contributed by atoms with Gasteiger partial charge in [-0.25, -0.2) is 4.98 Å². The van der Waals surface area contributed by atoms with Crippen LogP contribution in [0.5, 0.6) is 0 Å². The molecule has 0 aliphatic carbocycles. The number of carbonyl (C=O) groups excluding carboxylic acids is 1. The molecule has 0 spiro atoms. The molecular formula is C21H13F6N5O. The number of pyridine rings is 2. The number of carbonyl (C=O) groups is 1. The van der Waals surface area contributed by atoms with Crippen LogP contribution < -0.4 is 11.1 Å². The summed E-state index contributed by atoms with van der Waals surface area (Å²) in [5, 5.41) is 2.82. The summed E-state index contributed by atoms with van der Waals surface area (Å²) in [5.41, 5.74) is 2.16. The zero-order chi connectivity index (χ0) is 24.0. The quantitative estimate of drug-likeness (QED) is 0.403. The van der Waals surface area contributed by atoms with Crippen molar-refractivity contribution in [3.8, 4) is 5.69 Å². The molecule has 6 nitrogen and oxygen atoms in total. The molecule has 0 aliphatic heterocycles. The summed E-state index contributed by atoms with van der Waals surface area (Å²) in [5.74, 6) is -1.14. The van der Waals surface area contributed by atoms with E-state index in [0.29, 0.717) is 23.0 Å². The van der Waals surface area contributed by atoms with Crippen molar-refractivity contribution >= 4 is 28.2 Å². The highest BCUT2D eigenvalue weighted by atomic mass is 19.4. The van der Waals surface area contributed by atoms with Gasteiger partial charge in [-0.15, -0.1) is 0 Å². The molecule has 170 valence electrons. The Kier molecular flexibility index (Phi) is 5.23. The number of halogens is 6. The van der Waals surface area contributed by atoms with Gasteiger partial charge >= 0.3 is 12.4 Å². The second-order valence-corrected chi connectivity index (χ2v) is 6.93. The molecule has 0 radical (unpaired) electrons. The van der Waals surface area contributed by atoms with E-state index < -0.39 is 40.8 Å². The van der Waals surface area contributed by atoms with Crippen molar-refractivity contribution in [2.24, 2.45) is 0 Å². The van der Waals surface area contributed by atoms with E-state index in [1.165, 1.54) is 0 Å². The third kappa shape index (κ3) is 4.19. The van der Waals surface area contributed by atoms with E-state index in [4.69, 9.17) is 5.73 Å². The maximum Gasteiger partial charge on any atom is 0.432 e. The van der Waals surface area contributed by atoms with Crippen molar-refractivity contribution in [1.82, 2.24) is 14.5 Å². The molecule has 0 bridgehead atoms. The number of rotatable bonds is 3. The van der Waals surface area contributed by atoms with E-state index >= 15 is 0 Å². The van der Waals surface area contributed by atoms with Crippen LogP contribution in [0.25, 0.3) is 16.5 Å². The Hall–Kier alpha value is -4.09. The van der Waals surface area contributed by atoms with Gasteiger partial charge in [0.15, 0.2) is 0 Å². The molecule has 1 amide bonds. The van der Waals surface area contributed by atoms with Crippen LogP contribution in [-0.4, -0.2) is 20.4 Å². The molecule has 0 saturated carbocycles. The van der Waals surface area contributed by atoms with Crippen LogP contribution in [0.4, 0.5) is 37.8 Å². The number of hydrogen-bond acceptors (Lipinski definition) is 4. The molecule has 0 aliphatic rings. The van der Waals surface area contributed by atoms with Crippen molar-refractivity contribution in [2.45, 2.75) is 12.4 Å². The Morgan fingerprint density at radius 1 is 0.939 bits per heavy atom. The van der Waals surface area contributed by atoms with E-state index in [0.717, 1.165) is 29.2 Å². The SMILES string of the molecule is Nc1ncc(-n2ccc(C(=O)Nc3cncc(C(F)(F)F)c3)c2C(F)(F)F)c2ccccc12. The molecule has 4 rings (SSSR count). The Labute approximate surface area is 181 Å². The van der Waals surface area contributed by atoms with Gasteiger partial charge < -0.3 is 15.6 Å². The zero-order valence-electron chi connectivity index (χ0n) is 16.4. The van der Waals surface area contributed by atoms with Crippen LogP contribution in [0.1, 0.15) is 21.6 Å². The highest BCUT2D eigenvalue weighted by Crippen LogP contribution is 2.37. The predicted octanol–water partition coefficient (Wildman–Crippen LogP) is 5.29. The summed E-state index contributed by atoms with van der Waals surface area (Å²) < 4.78 is 81.4. The van der Waals surface area contributed by atoms with Crippen molar-refractivity contribution in [2.75, 3.05) is 11.1 Å². The minimum absolute atomic E-state index is 0.0203. The van der Waals surface area contributed by atoms with Crippen molar-refractivity contribution in [1.29, 1.82) is 0 Å². The first-order valence-electron chi connectivity index (χ1n) is 9.22. The van der Waals surface area contributed by atoms with Crippen molar-refractivity contribution < 1.29 is 31.1 Å². The largest absolute Gasteiger partial charge is 0.432 e. The van der Waals surface area contributed by atoms with E-state index in [1.54, 1.807) is 24.3 Å². The molecule has 0 unspecified atom stereocenters. The number of hydrogen-bond donors (Lipinski definition) is 2. The second kappa shape index (κ2) is 7.80. The Morgan fingerprint density at radius 2 is 1.64 bits per heavy atom. The zero-order valence-corrected chi connectivity index (χ0v) is 16.4. The van der Waals surface area contributed by atoms with Gasteiger partial charge in [-0.1, -0.05) is 24.3 Å². The normalized spacial score (nSPS) is 12.2. The average molecular weight is 465 g/mol. The molecule has 12 heteroatoms. The smallest absolute Gasteiger partial charge is 0.383 e. The topological polar surface area (TPSA) is 85.8 Å². The first-order chi connectivity index (χ1) is 15.5. The van der Waals surface area contributed by atoms with Gasteiger partial charge in [0.2, 0.25) is 0 Å². The number of amides is 1. The first-order valence-corrected chi connectivity index (χ1v) is 9.22. The fraction of sp³-hybridized carbons (Fsp3) is 0.0952. The number of nitrogen functional groups attached to an aromatic ring is 1. The fourth-order valence-corrected chi connectivity index (χ4v) is 3.36. The highest BCUT2D eigenvalue weighted by Gasteiger charge is 2.40. The molecule has 0 atom stereocenters. The summed E-state index contributed by atoms with van der Waals surface area (Å²) in [7, 11) is 0. The predicted molar refractivity (Wildman–Crippen MR) is 108 cm³/mol. The Bertz CT molecular complexity index is 1360. The molecule has 3 N–H and O–H groups in total. The lowest BCUT2D eigenvalue weighted by Gasteiger charge is -2.16. The minimum Gasteiger partial charge on any atom is -0.383 e. The molecule has 3 aromatic heterocycles. The minimum atomic E-state index is -4.98. The number of alkyl halides is 6. The number of aromatic nitrogens is 3. The maximum absolute atomic E-state index is 14.0. The van der Waals surface area contributed by atoms with E-state index in [9.17, 15) is 31.1 Å². The molecule has 33 heavy (non-hydrogen) atoms. The van der Waals surface area contributed by atoms with Gasteiger partial charge in [0.25, 0.3) is 5.91 Å². The van der Waals surface area contributed by atoms with E-state index in [1.807, 2.05) is 5.32 Å². The second-order valence-electron chi connectivity index (χ2n) is 6.93. The third-order valence-corrected chi connectivity index (χ3v) is 4.79. The number of nitrogens with one attached hydrogen (secondary N) is 1. The summed E-state index contributed by atoms with van der Waals surface area (Å²) in [6, 6.07) is 7.89. The van der Waals surface area contributed by atoms with Crippen LogP contribution in [0.3, 0.4) is 0 Å². The van der Waals surface area contributed by atoms with E-state index in [2.05, 4.69) is 9.97 Å². The van der Waals surface area contributed by atoms with Gasteiger partial charge in [-0.2, -0.15) is 26.3 Å². The fourth-order valence-electron chi connectivity index (χ4n) is 3.36. The van der Waals surface area contributed by atoms with Gasteiger partial charge in [-0.3, -0.25) is 9.78 Å². The third-order valence-electron chi connectivity index (χ3n) is 4.79. The number of nitrogens with zero attached hydrogens (tertiary/aromatic N) is 3. The summed E-state index contributed by atoms with van der Waals surface area (Å²) in [4.78, 5) is 20.0. The van der Waals surface area contributed by atoms with Crippen LogP contribution in [0.15, 0.2) is 61.2 Å². The lowest BCUT2D eigenvalue weighted by molar-refractivity contribution is -0.142. The molecule has 1 aromatic carbocycles. The first kappa shape index (κ1) is 22.1. The van der Waals surface area contributed by atoms with E-state index in [-0.39, 0.29) is 11.5 Å². The summed E-state index contributed by atoms with van der Waals surface area (Å²) in [6.45, 7) is 0. The lowest BCUT2D eigenvalue weighted by atomic mass is 10.1. The summed E-state index contributed by atoms with van der Waals surface area (Å²) in [6.07, 6.45) is -6.11.